The Morgan fingerprint density at radius 2 is 2.11 bits per heavy atom. The van der Waals surface area contributed by atoms with Gasteiger partial charge in [0.1, 0.15) is 5.82 Å². The first kappa shape index (κ1) is 12.6. The molecule has 96 valence electrons. The van der Waals surface area contributed by atoms with Crippen LogP contribution in [0.4, 0.5) is 0 Å². The molecule has 5 heteroatoms. The van der Waals surface area contributed by atoms with Crippen LogP contribution in [0, 0.1) is 0 Å². The van der Waals surface area contributed by atoms with Crippen molar-refractivity contribution in [1.82, 2.24) is 14.8 Å². The smallest absolute Gasteiger partial charge is 0.324 e. The minimum Gasteiger partial charge on any atom is -0.324 e. The van der Waals surface area contributed by atoms with E-state index in [4.69, 9.17) is 5.73 Å². The zero-order chi connectivity index (χ0) is 13.0. The topological polar surface area (TPSA) is 76.7 Å². The van der Waals surface area contributed by atoms with E-state index in [9.17, 15) is 4.79 Å². The van der Waals surface area contributed by atoms with E-state index < -0.39 is 0 Å². The molecular formula is C13H18N4O. The van der Waals surface area contributed by atoms with Crippen molar-refractivity contribution in [2.75, 3.05) is 0 Å². The van der Waals surface area contributed by atoms with E-state index >= 15 is 0 Å². The van der Waals surface area contributed by atoms with E-state index in [0.29, 0.717) is 13.0 Å². The summed E-state index contributed by atoms with van der Waals surface area (Å²) in [7, 11) is 0. The van der Waals surface area contributed by atoms with Crippen molar-refractivity contribution in [1.29, 1.82) is 0 Å². The molecule has 0 aliphatic rings. The predicted octanol–water partition coefficient (Wildman–Crippen LogP) is 1.22. The van der Waals surface area contributed by atoms with Gasteiger partial charge in [-0.25, -0.2) is 9.89 Å². The highest BCUT2D eigenvalue weighted by atomic mass is 16.1. The molecule has 1 unspecified atom stereocenters. The monoisotopic (exact) mass is 246 g/mol. The molecule has 0 saturated heterocycles. The van der Waals surface area contributed by atoms with Crippen LogP contribution in [0.5, 0.6) is 0 Å². The lowest BCUT2D eigenvalue weighted by Gasteiger charge is -2.11. The van der Waals surface area contributed by atoms with Gasteiger partial charge in [0.2, 0.25) is 0 Å². The first-order chi connectivity index (χ1) is 8.72. The second-order valence-electron chi connectivity index (χ2n) is 4.32. The highest BCUT2D eigenvalue weighted by molar-refractivity contribution is 5.19. The number of rotatable bonds is 5. The average molecular weight is 246 g/mol. The highest BCUT2D eigenvalue weighted by Gasteiger charge is 2.13. The maximum atomic E-state index is 11.6. The SMILES string of the molecule is CCCn1c(CC(N)c2ccccc2)n[nH]c1=O. The van der Waals surface area contributed by atoms with Gasteiger partial charge in [-0.2, -0.15) is 5.10 Å². The van der Waals surface area contributed by atoms with Gasteiger partial charge in [0.05, 0.1) is 0 Å². The zero-order valence-corrected chi connectivity index (χ0v) is 10.5. The summed E-state index contributed by atoms with van der Waals surface area (Å²) in [6.07, 6.45) is 1.45. The number of H-pyrrole nitrogens is 1. The molecule has 5 nitrogen and oxygen atoms in total. The van der Waals surface area contributed by atoms with Gasteiger partial charge in [-0.1, -0.05) is 37.3 Å². The van der Waals surface area contributed by atoms with Gasteiger partial charge in [-0.15, -0.1) is 0 Å². The fourth-order valence-corrected chi connectivity index (χ4v) is 1.98. The molecule has 1 atom stereocenters. The molecule has 18 heavy (non-hydrogen) atoms. The summed E-state index contributed by atoms with van der Waals surface area (Å²) in [6, 6.07) is 9.70. The third-order valence-electron chi connectivity index (χ3n) is 2.91. The number of nitrogens with two attached hydrogens (primary N) is 1. The second-order valence-corrected chi connectivity index (χ2v) is 4.32. The molecule has 0 saturated carbocycles. The Morgan fingerprint density at radius 1 is 1.39 bits per heavy atom. The molecule has 1 aromatic heterocycles. The molecule has 0 aliphatic heterocycles. The summed E-state index contributed by atoms with van der Waals surface area (Å²) in [5.41, 5.74) is 7.02. The first-order valence-corrected chi connectivity index (χ1v) is 6.17. The summed E-state index contributed by atoms with van der Waals surface area (Å²) in [4.78, 5) is 11.6. The van der Waals surface area contributed by atoms with Gasteiger partial charge in [0.25, 0.3) is 0 Å². The lowest BCUT2D eigenvalue weighted by molar-refractivity contribution is 0.588. The van der Waals surface area contributed by atoms with Crippen LogP contribution in [0.25, 0.3) is 0 Å². The van der Waals surface area contributed by atoms with Gasteiger partial charge in [0, 0.05) is 19.0 Å². The minimum absolute atomic E-state index is 0.142. The number of nitrogens with zero attached hydrogens (tertiary/aromatic N) is 2. The Morgan fingerprint density at radius 3 is 2.78 bits per heavy atom. The molecule has 3 N–H and O–H groups in total. The number of hydrogen-bond acceptors (Lipinski definition) is 3. The number of aromatic amines is 1. The Labute approximate surface area is 106 Å². The van der Waals surface area contributed by atoms with Crippen LogP contribution < -0.4 is 11.4 Å². The number of benzene rings is 1. The van der Waals surface area contributed by atoms with Gasteiger partial charge < -0.3 is 5.73 Å². The molecule has 0 amide bonds. The fraction of sp³-hybridized carbons (Fsp3) is 0.385. The molecular weight excluding hydrogens is 228 g/mol. The number of nitrogens with one attached hydrogen (secondary N) is 1. The van der Waals surface area contributed by atoms with Gasteiger partial charge >= 0.3 is 5.69 Å². The van der Waals surface area contributed by atoms with Crippen LogP contribution in [-0.4, -0.2) is 14.8 Å². The molecule has 1 aromatic carbocycles. The van der Waals surface area contributed by atoms with Gasteiger partial charge in [-0.05, 0) is 12.0 Å². The number of hydrogen-bond donors (Lipinski definition) is 2. The van der Waals surface area contributed by atoms with Crippen molar-refractivity contribution in [2.24, 2.45) is 5.73 Å². The van der Waals surface area contributed by atoms with E-state index in [1.54, 1.807) is 4.57 Å². The maximum Gasteiger partial charge on any atom is 0.343 e. The third-order valence-corrected chi connectivity index (χ3v) is 2.91. The molecule has 0 radical (unpaired) electrons. The van der Waals surface area contributed by atoms with Crippen molar-refractivity contribution in [3.8, 4) is 0 Å². The van der Waals surface area contributed by atoms with Crippen molar-refractivity contribution in [2.45, 2.75) is 32.4 Å². The molecule has 0 fully saturated rings. The van der Waals surface area contributed by atoms with Crippen molar-refractivity contribution < 1.29 is 0 Å². The van der Waals surface area contributed by atoms with E-state index in [1.807, 2.05) is 37.3 Å². The van der Waals surface area contributed by atoms with Gasteiger partial charge in [0.15, 0.2) is 0 Å². The third kappa shape index (κ3) is 2.68. The average Bonchev–Trinajstić information content (AvgIpc) is 2.73. The van der Waals surface area contributed by atoms with Crippen LogP contribution in [0.3, 0.4) is 0 Å². The lowest BCUT2D eigenvalue weighted by atomic mass is 10.0. The van der Waals surface area contributed by atoms with Crippen molar-refractivity contribution >= 4 is 0 Å². The Balaban J connectivity index is 2.17. The van der Waals surface area contributed by atoms with Gasteiger partial charge in [-0.3, -0.25) is 4.57 Å². The quantitative estimate of drug-likeness (QED) is 0.833. The minimum atomic E-state index is -0.160. The molecule has 0 bridgehead atoms. The maximum absolute atomic E-state index is 11.6. The van der Waals surface area contributed by atoms with E-state index in [0.717, 1.165) is 17.8 Å². The highest BCUT2D eigenvalue weighted by Crippen LogP contribution is 2.13. The summed E-state index contributed by atoms with van der Waals surface area (Å²) in [5.74, 6) is 0.721. The van der Waals surface area contributed by atoms with E-state index in [1.165, 1.54) is 0 Å². The molecule has 2 rings (SSSR count). The second kappa shape index (κ2) is 5.64. The van der Waals surface area contributed by atoms with Crippen LogP contribution >= 0.6 is 0 Å². The largest absolute Gasteiger partial charge is 0.343 e. The normalized spacial score (nSPS) is 12.6. The lowest BCUT2D eigenvalue weighted by Crippen LogP contribution is -2.22. The zero-order valence-electron chi connectivity index (χ0n) is 10.5. The van der Waals surface area contributed by atoms with Crippen LogP contribution in [-0.2, 0) is 13.0 Å². The molecule has 0 aliphatic carbocycles. The standard InChI is InChI=1S/C13H18N4O/c1-2-8-17-12(15-16-13(17)18)9-11(14)10-6-4-3-5-7-10/h3-7,11H,2,8-9,14H2,1H3,(H,16,18). The summed E-state index contributed by atoms with van der Waals surface area (Å²) in [5, 5.41) is 6.53. The van der Waals surface area contributed by atoms with Crippen LogP contribution in [0.2, 0.25) is 0 Å². The summed E-state index contributed by atoms with van der Waals surface area (Å²) < 4.78 is 1.66. The molecule has 2 aromatic rings. The van der Waals surface area contributed by atoms with E-state index in [2.05, 4.69) is 10.2 Å². The van der Waals surface area contributed by atoms with E-state index in [-0.39, 0.29) is 11.7 Å². The predicted molar refractivity (Wildman–Crippen MR) is 70.2 cm³/mol. The Hall–Kier alpha value is -1.88. The van der Waals surface area contributed by atoms with Crippen molar-refractivity contribution in [3.05, 3.63) is 52.2 Å². The Kier molecular flexibility index (Phi) is 3.94. The summed E-state index contributed by atoms with van der Waals surface area (Å²) in [6.45, 7) is 2.70. The first-order valence-electron chi connectivity index (χ1n) is 6.17. The molecule has 1 heterocycles. The van der Waals surface area contributed by atoms with Crippen LogP contribution in [0.15, 0.2) is 35.1 Å². The van der Waals surface area contributed by atoms with Crippen LogP contribution in [0.1, 0.15) is 30.8 Å². The molecule has 0 spiro atoms. The van der Waals surface area contributed by atoms with Crippen molar-refractivity contribution in [3.63, 3.8) is 0 Å². The summed E-state index contributed by atoms with van der Waals surface area (Å²) >= 11 is 0. The number of aromatic nitrogens is 3. The fourth-order valence-electron chi connectivity index (χ4n) is 1.98. The Bertz CT molecular complexity index is 544.